The molecule has 0 aliphatic carbocycles. The second-order valence-electron chi connectivity index (χ2n) is 4.03. The molecule has 1 nitrogen and oxygen atoms in total. The molecule has 1 unspecified atom stereocenters. The van der Waals surface area contributed by atoms with Crippen LogP contribution in [-0.2, 0) is 4.79 Å². The fourth-order valence-corrected chi connectivity index (χ4v) is 3.06. The van der Waals surface area contributed by atoms with Crippen LogP contribution < -0.4 is 0 Å². The van der Waals surface area contributed by atoms with Crippen LogP contribution in [0, 0.1) is 17.6 Å². The summed E-state index contributed by atoms with van der Waals surface area (Å²) in [5.41, 5.74) is -0.210. The Morgan fingerprint density at radius 3 is 2.58 bits per heavy atom. The van der Waals surface area contributed by atoms with Crippen molar-refractivity contribution in [2.75, 3.05) is 0 Å². The van der Waals surface area contributed by atoms with Crippen LogP contribution in [0.4, 0.5) is 8.78 Å². The minimum absolute atomic E-state index is 0.157. The Balaban J connectivity index is 2.37. The lowest BCUT2D eigenvalue weighted by Gasteiger charge is -2.20. The molecule has 98 valence electrons. The summed E-state index contributed by atoms with van der Waals surface area (Å²) in [7, 11) is 0. The monoisotopic (exact) mass is 296 g/mol. The summed E-state index contributed by atoms with van der Waals surface area (Å²) < 4.78 is 27.6. The summed E-state index contributed by atoms with van der Waals surface area (Å²) in [6, 6.07) is 3.58. The molecule has 1 aliphatic heterocycles. The Labute approximate surface area is 119 Å². The van der Waals surface area contributed by atoms with Gasteiger partial charge in [-0.05, 0) is 18.2 Å². The van der Waals surface area contributed by atoms with Crippen molar-refractivity contribution < 1.29 is 13.6 Å². The lowest BCUT2D eigenvalue weighted by Crippen LogP contribution is -2.19. The van der Waals surface area contributed by atoms with E-state index in [2.05, 4.69) is 6.58 Å². The molecule has 19 heavy (non-hydrogen) atoms. The minimum atomic E-state index is -0.697. The van der Waals surface area contributed by atoms with Crippen molar-refractivity contribution in [3.8, 4) is 0 Å². The van der Waals surface area contributed by atoms with E-state index >= 15 is 0 Å². The molecular weight excluding hydrogens is 286 g/mol. The van der Waals surface area contributed by atoms with Gasteiger partial charge >= 0.3 is 0 Å². The third-order valence-corrected chi connectivity index (χ3v) is 4.38. The zero-order valence-corrected chi connectivity index (χ0v) is 11.5. The molecule has 5 heteroatoms. The van der Waals surface area contributed by atoms with Gasteiger partial charge < -0.3 is 0 Å². The van der Waals surface area contributed by atoms with E-state index in [0.29, 0.717) is 4.20 Å². The maximum Gasteiger partial charge on any atom is 0.170 e. The second kappa shape index (κ2) is 5.75. The van der Waals surface area contributed by atoms with Gasteiger partial charge in [-0.2, -0.15) is 0 Å². The number of thioether (sulfide) groups is 1. The molecule has 1 saturated heterocycles. The number of allylic oxidation sites excluding steroid dienone is 2. The van der Waals surface area contributed by atoms with Crippen LogP contribution in [0.2, 0.25) is 0 Å². The van der Waals surface area contributed by atoms with E-state index in [-0.39, 0.29) is 28.6 Å². The first-order valence-electron chi connectivity index (χ1n) is 5.56. The Kier molecular flexibility index (Phi) is 4.27. The zero-order valence-electron chi connectivity index (χ0n) is 9.86. The maximum atomic E-state index is 13.5. The summed E-state index contributed by atoms with van der Waals surface area (Å²) >= 11 is 6.23. The molecule has 0 aromatic heterocycles. The number of Topliss-reactive ketones (excluding diaryl/α,β-unsaturated/α-hetero) is 1. The molecule has 1 atom stereocenters. The van der Waals surface area contributed by atoms with Gasteiger partial charge in [-0.15, -0.1) is 6.58 Å². The first-order chi connectivity index (χ1) is 9.02. The van der Waals surface area contributed by atoms with Crippen molar-refractivity contribution in [1.29, 1.82) is 0 Å². The number of ketones is 1. The molecule has 1 fully saturated rings. The van der Waals surface area contributed by atoms with Crippen LogP contribution in [0.1, 0.15) is 12.0 Å². The number of thiocarbonyl (C=S) groups is 1. The fraction of sp³-hybridized carbons (Fsp3) is 0.143. The van der Waals surface area contributed by atoms with E-state index in [4.69, 9.17) is 12.2 Å². The van der Waals surface area contributed by atoms with Gasteiger partial charge in [0, 0.05) is 17.9 Å². The highest BCUT2D eigenvalue weighted by Gasteiger charge is 2.27. The number of rotatable bonds is 2. The van der Waals surface area contributed by atoms with Gasteiger partial charge in [-0.3, -0.25) is 4.79 Å². The third-order valence-electron chi connectivity index (χ3n) is 2.75. The van der Waals surface area contributed by atoms with Crippen molar-refractivity contribution in [2.45, 2.75) is 6.42 Å². The standard InChI is InChI=1S/C14H10F2OS2/c1-2-8-6-12(17)13(19-14(8)18)7-9-10(15)4-3-5-11(9)16/h2-5,7-8H,1,6H2/b13-7-. The van der Waals surface area contributed by atoms with Gasteiger partial charge in [-0.1, -0.05) is 36.1 Å². The zero-order chi connectivity index (χ0) is 14.0. The van der Waals surface area contributed by atoms with Crippen molar-refractivity contribution in [2.24, 2.45) is 5.92 Å². The van der Waals surface area contributed by atoms with Gasteiger partial charge in [0.1, 0.15) is 11.6 Å². The largest absolute Gasteiger partial charge is 0.294 e. The minimum Gasteiger partial charge on any atom is -0.294 e. The second-order valence-corrected chi connectivity index (χ2v) is 5.82. The predicted octanol–water partition coefficient (Wildman–Crippen LogP) is 4.14. The topological polar surface area (TPSA) is 17.1 Å². The average molecular weight is 296 g/mol. The van der Waals surface area contributed by atoms with Crippen molar-refractivity contribution in [1.82, 2.24) is 0 Å². The lowest BCUT2D eigenvalue weighted by atomic mass is 10.0. The van der Waals surface area contributed by atoms with Gasteiger partial charge in [0.05, 0.1) is 9.10 Å². The van der Waals surface area contributed by atoms with Crippen LogP contribution >= 0.6 is 24.0 Å². The molecule has 0 bridgehead atoms. The SMILES string of the molecule is C=CC1CC(=O)/C(=C/c2c(F)cccc2F)SC1=S. The van der Waals surface area contributed by atoms with E-state index in [0.717, 1.165) is 23.9 Å². The summed E-state index contributed by atoms with van der Waals surface area (Å²) in [5, 5.41) is 0. The normalized spacial score (nSPS) is 21.8. The lowest BCUT2D eigenvalue weighted by molar-refractivity contribution is -0.115. The molecule has 0 amide bonds. The van der Waals surface area contributed by atoms with E-state index < -0.39 is 11.6 Å². The molecule has 2 rings (SSSR count). The highest BCUT2D eigenvalue weighted by molar-refractivity contribution is 8.26. The summed E-state index contributed by atoms with van der Waals surface area (Å²) in [5.74, 6) is -1.73. The highest BCUT2D eigenvalue weighted by Crippen LogP contribution is 2.35. The van der Waals surface area contributed by atoms with Crippen LogP contribution in [0.25, 0.3) is 6.08 Å². The molecule has 1 aliphatic rings. The quantitative estimate of drug-likeness (QED) is 0.464. The predicted molar refractivity (Wildman–Crippen MR) is 77.8 cm³/mol. The Morgan fingerprint density at radius 2 is 2.00 bits per heavy atom. The summed E-state index contributed by atoms with van der Waals surface area (Å²) in [4.78, 5) is 12.2. The first-order valence-corrected chi connectivity index (χ1v) is 6.78. The average Bonchev–Trinajstić information content (AvgIpc) is 2.37. The Hall–Kier alpha value is -1.33. The third kappa shape index (κ3) is 2.98. The van der Waals surface area contributed by atoms with Gasteiger partial charge in [0.2, 0.25) is 0 Å². The first kappa shape index (κ1) is 14.1. The highest BCUT2D eigenvalue weighted by atomic mass is 32.2. The van der Waals surface area contributed by atoms with Crippen LogP contribution in [0.3, 0.4) is 0 Å². The molecule has 0 radical (unpaired) electrons. The number of hydrogen-bond donors (Lipinski definition) is 0. The Bertz CT molecular complexity index is 573. The van der Waals surface area contributed by atoms with Crippen LogP contribution in [0.15, 0.2) is 35.8 Å². The van der Waals surface area contributed by atoms with Gasteiger partial charge in [-0.25, -0.2) is 8.78 Å². The molecule has 1 aromatic rings. The Morgan fingerprint density at radius 1 is 1.37 bits per heavy atom. The summed E-state index contributed by atoms with van der Waals surface area (Å²) in [6.07, 6.45) is 3.05. The maximum absolute atomic E-state index is 13.5. The fourth-order valence-electron chi connectivity index (χ4n) is 1.69. The van der Waals surface area contributed by atoms with E-state index in [1.54, 1.807) is 6.08 Å². The molecular formula is C14H10F2OS2. The van der Waals surface area contributed by atoms with Gasteiger partial charge in [0.15, 0.2) is 5.78 Å². The smallest absolute Gasteiger partial charge is 0.170 e. The number of hydrogen-bond acceptors (Lipinski definition) is 3. The van der Waals surface area contributed by atoms with E-state index in [1.165, 1.54) is 12.1 Å². The molecule has 1 aromatic carbocycles. The van der Waals surface area contributed by atoms with Crippen LogP contribution in [0.5, 0.6) is 0 Å². The van der Waals surface area contributed by atoms with E-state index in [1.807, 2.05) is 0 Å². The van der Waals surface area contributed by atoms with Gasteiger partial charge in [0.25, 0.3) is 0 Å². The number of benzene rings is 1. The molecule has 0 N–H and O–H groups in total. The van der Waals surface area contributed by atoms with E-state index in [9.17, 15) is 13.6 Å². The van der Waals surface area contributed by atoms with Crippen molar-refractivity contribution >= 4 is 40.0 Å². The van der Waals surface area contributed by atoms with Crippen molar-refractivity contribution in [3.63, 3.8) is 0 Å². The molecule has 1 heterocycles. The number of halogens is 2. The van der Waals surface area contributed by atoms with Crippen molar-refractivity contribution in [3.05, 3.63) is 53.0 Å². The number of carbonyl (C=O) groups is 1. The number of carbonyl (C=O) groups excluding carboxylic acids is 1. The summed E-state index contributed by atoms with van der Waals surface area (Å²) in [6.45, 7) is 3.61. The molecule has 0 spiro atoms. The molecule has 0 saturated carbocycles. The van der Waals surface area contributed by atoms with Crippen LogP contribution in [-0.4, -0.2) is 9.98 Å².